The van der Waals surface area contributed by atoms with Gasteiger partial charge in [-0.05, 0) is 36.6 Å². The van der Waals surface area contributed by atoms with Crippen molar-refractivity contribution in [3.8, 4) is 5.75 Å². The van der Waals surface area contributed by atoms with Gasteiger partial charge in [-0.25, -0.2) is 4.90 Å². The summed E-state index contributed by atoms with van der Waals surface area (Å²) in [6.45, 7) is 1.71. The predicted octanol–water partition coefficient (Wildman–Crippen LogP) is 5.81. The molecule has 2 aliphatic heterocycles. The number of nitrogens with zero attached hydrogens (tertiary/aromatic N) is 2. The Bertz CT molecular complexity index is 2010. The van der Waals surface area contributed by atoms with Crippen molar-refractivity contribution in [1.82, 2.24) is 4.57 Å². The average molecular weight is 622 g/mol. The maximum absolute atomic E-state index is 14.1. The Morgan fingerprint density at radius 3 is 2.41 bits per heavy atom. The van der Waals surface area contributed by atoms with Crippen molar-refractivity contribution in [2.24, 2.45) is 5.92 Å². The Morgan fingerprint density at radius 2 is 1.61 bits per heavy atom. The summed E-state index contributed by atoms with van der Waals surface area (Å²) in [5, 5.41) is 4.58. The molecule has 0 bridgehead atoms. The lowest BCUT2D eigenvalue weighted by Gasteiger charge is -2.31. The third-order valence-corrected chi connectivity index (χ3v) is 10.8. The molecule has 0 radical (unpaired) electrons. The van der Waals surface area contributed by atoms with Crippen LogP contribution < -0.4 is 19.8 Å². The molecule has 1 fully saturated rings. The molecule has 8 nitrogen and oxygen atoms in total. The number of aromatic nitrogens is 1. The molecule has 0 aliphatic carbocycles. The second kappa shape index (κ2) is 11.1. The fraction of sp³-hybridized carbons (Fsp3) is 0.176. The van der Waals surface area contributed by atoms with Crippen molar-refractivity contribution < 1.29 is 19.1 Å². The molecular formula is C34H27N3O5S2. The summed E-state index contributed by atoms with van der Waals surface area (Å²) in [5.41, 5.74) is 2.89. The number of carbonyl (C=O) groups excluding carboxylic acids is 3. The molecule has 1 N–H and O–H groups in total. The van der Waals surface area contributed by atoms with Crippen LogP contribution in [0.15, 0.2) is 101 Å². The van der Waals surface area contributed by atoms with Crippen LogP contribution in [0.3, 0.4) is 0 Å². The number of aryl methyl sites for hydroxylation is 1. The number of fused-ring (bicyclic) bond motifs is 3. The van der Waals surface area contributed by atoms with Gasteiger partial charge >= 0.3 is 4.87 Å². The van der Waals surface area contributed by atoms with Gasteiger partial charge in [-0.2, -0.15) is 0 Å². The molecule has 220 valence electrons. The molecule has 10 heteroatoms. The van der Waals surface area contributed by atoms with Gasteiger partial charge in [0.25, 0.3) is 0 Å². The molecule has 44 heavy (non-hydrogen) atoms. The summed E-state index contributed by atoms with van der Waals surface area (Å²) in [6.07, 6.45) is 0. The van der Waals surface area contributed by atoms with Crippen molar-refractivity contribution in [2.75, 3.05) is 17.3 Å². The lowest BCUT2D eigenvalue weighted by atomic mass is 9.82. The normalized spacial score (nSPS) is 19.1. The highest BCUT2D eigenvalue weighted by molar-refractivity contribution is 8.00. The number of carbonyl (C=O) groups is 3. The van der Waals surface area contributed by atoms with Crippen LogP contribution in [0.1, 0.15) is 21.9 Å². The Balaban J connectivity index is 1.30. The number of thioether (sulfide) groups is 1. The van der Waals surface area contributed by atoms with Crippen LogP contribution in [0, 0.1) is 12.8 Å². The minimum absolute atomic E-state index is 0.235. The molecule has 3 heterocycles. The second-order valence-electron chi connectivity index (χ2n) is 10.8. The first-order chi connectivity index (χ1) is 21.4. The molecule has 1 aromatic heterocycles. The highest BCUT2D eigenvalue weighted by atomic mass is 32.2. The van der Waals surface area contributed by atoms with Crippen molar-refractivity contribution in [2.45, 2.75) is 29.7 Å². The van der Waals surface area contributed by atoms with E-state index in [1.807, 2.05) is 85.8 Å². The van der Waals surface area contributed by atoms with Gasteiger partial charge in [-0.15, -0.1) is 0 Å². The SMILES string of the molecule is COc1ccccc1[C@@H]1c2sc(=O)n(CC(=O)Nc3cccc4ccccc34)c2S[C@H]2C(=O)N(c3ccc(C)cc3)C(=O)[C@@H]12. The van der Waals surface area contributed by atoms with Crippen molar-refractivity contribution in [1.29, 1.82) is 0 Å². The minimum Gasteiger partial charge on any atom is -0.496 e. The number of benzene rings is 4. The quantitative estimate of drug-likeness (QED) is 0.240. The molecule has 7 rings (SSSR count). The van der Waals surface area contributed by atoms with Gasteiger partial charge in [0.05, 0.1) is 23.7 Å². The van der Waals surface area contributed by atoms with Gasteiger partial charge in [-0.3, -0.25) is 23.7 Å². The lowest BCUT2D eigenvalue weighted by Crippen LogP contribution is -2.33. The van der Waals surface area contributed by atoms with E-state index in [4.69, 9.17) is 4.74 Å². The van der Waals surface area contributed by atoms with Gasteiger partial charge in [0.2, 0.25) is 17.7 Å². The number of rotatable bonds is 6. The van der Waals surface area contributed by atoms with E-state index in [2.05, 4.69) is 5.32 Å². The molecule has 3 amide bonds. The second-order valence-corrected chi connectivity index (χ2v) is 13.0. The van der Waals surface area contributed by atoms with E-state index >= 15 is 0 Å². The van der Waals surface area contributed by atoms with Crippen LogP contribution in [0.2, 0.25) is 0 Å². The average Bonchev–Trinajstić information content (AvgIpc) is 3.48. The highest BCUT2D eigenvalue weighted by Gasteiger charge is 2.57. The number of nitrogens with one attached hydrogen (secondary N) is 1. The summed E-state index contributed by atoms with van der Waals surface area (Å²) < 4.78 is 7.12. The number of imide groups is 1. The third kappa shape index (κ3) is 4.61. The maximum Gasteiger partial charge on any atom is 0.308 e. The first kappa shape index (κ1) is 28.1. The van der Waals surface area contributed by atoms with Crippen LogP contribution in [0.5, 0.6) is 5.75 Å². The number of thiazole rings is 1. The Morgan fingerprint density at radius 1 is 0.886 bits per heavy atom. The van der Waals surface area contributed by atoms with Crippen LogP contribution in [-0.2, 0) is 20.9 Å². The van der Waals surface area contributed by atoms with E-state index < -0.39 is 17.1 Å². The Labute approximate surface area is 261 Å². The van der Waals surface area contributed by atoms with Crippen molar-refractivity contribution in [3.63, 3.8) is 0 Å². The number of anilines is 2. The lowest BCUT2D eigenvalue weighted by molar-refractivity contribution is -0.122. The van der Waals surface area contributed by atoms with Crippen molar-refractivity contribution >= 4 is 63.0 Å². The molecule has 1 saturated heterocycles. The molecule has 0 saturated carbocycles. The number of methoxy groups -OCH3 is 1. The summed E-state index contributed by atoms with van der Waals surface area (Å²) >= 11 is 2.20. The van der Waals surface area contributed by atoms with Crippen LogP contribution in [0.4, 0.5) is 11.4 Å². The Kier molecular flexibility index (Phi) is 7.10. The topological polar surface area (TPSA) is 97.7 Å². The molecular weight excluding hydrogens is 595 g/mol. The zero-order valence-corrected chi connectivity index (χ0v) is 25.5. The molecule has 4 aromatic carbocycles. The predicted molar refractivity (Wildman–Crippen MR) is 173 cm³/mol. The van der Waals surface area contributed by atoms with Gasteiger partial charge in [0.15, 0.2) is 0 Å². The first-order valence-electron chi connectivity index (χ1n) is 14.1. The largest absolute Gasteiger partial charge is 0.496 e. The maximum atomic E-state index is 14.1. The molecule has 0 unspecified atom stereocenters. The monoisotopic (exact) mass is 621 g/mol. The third-order valence-electron chi connectivity index (χ3n) is 8.18. The molecule has 5 aromatic rings. The van der Waals surface area contributed by atoms with E-state index in [1.165, 1.54) is 21.2 Å². The standard InChI is InChI=1S/C34H27N3O5S2/c1-19-14-16-21(17-15-19)37-31(39)28-27(23-11-5-6-13-25(23)42-2)30-33(43-29(28)32(37)40)36(34(41)44-30)18-26(38)35-24-12-7-9-20-8-3-4-10-22(20)24/h3-17,27-29H,18H2,1-2H3,(H,35,38)/t27-,28-,29+/m0/s1. The van der Waals surface area contributed by atoms with Gasteiger partial charge < -0.3 is 10.1 Å². The zero-order valence-electron chi connectivity index (χ0n) is 23.9. The number of hydrogen-bond acceptors (Lipinski definition) is 7. The zero-order chi connectivity index (χ0) is 30.5. The van der Waals surface area contributed by atoms with E-state index in [0.29, 0.717) is 32.6 Å². The van der Waals surface area contributed by atoms with E-state index in [-0.39, 0.29) is 29.1 Å². The van der Waals surface area contributed by atoms with Gasteiger partial charge in [0, 0.05) is 27.4 Å². The van der Waals surface area contributed by atoms with Crippen molar-refractivity contribution in [3.05, 3.63) is 117 Å². The highest BCUT2D eigenvalue weighted by Crippen LogP contribution is 2.55. The van der Waals surface area contributed by atoms with Gasteiger partial charge in [-0.1, -0.05) is 95.4 Å². The summed E-state index contributed by atoms with van der Waals surface area (Å²) in [5.74, 6) is -1.84. The summed E-state index contributed by atoms with van der Waals surface area (Å²) in [7, 11) is 1.56. The van der Waals surface area contributed by atoms with E-state index in [0.717, 1.165) is 27.7 Å². The van der Waals surface area contributed by atoms with Crippen LogP contribution in [-0.4, -0.2) is 34.6 Å². The number of hydrogen-bond donors (Lipinski definition) is 1. The van der Waals surface area contributed by atoms with E-state index in [9.17, 15) is 19.2 Å². The summed E-state index contributed by atoms with van der Waals surface area (Å²) in [4.78, 5) is 56.6. The summed E-state index contributed by atoms with van der Waals surface area (Å²) in [6, 6.07) is 28.0. The fourth-order valence-corrected chi connectivity index (χ4v) is 8.89. The smallest absolute Gasteiger partial charge is 0.308 e. The van der Waals surface area contributed by atoms with E-state index in [1.54, 1.807) is 19.2 Å². The number of ether oxygens (including phenoxy) is 1. The fourth-order valence-electron chi connectivity index (χ4n) is 6.13. The minimum atomic E-state index is -0.785. The van der Waals surface area contributed by atoms with Gasteiger partial charge in [0.1, 0.15) is 17.5 Å². The number of amides is 3. The van der Waals surface area contributed by atoms with Crippen LogP contribution >= 0.6 is 23.1 Å². The van der Waals surface area contributed by atoms with Crippen LogP contribution in [0.25, 0.3) is 10.8 Å². The molecule has 3 atom stereocenters. The number of para-hydroxylation sites is 1. The first-order valence-corrected chi connectivity index (χ1v) is 15.8. The molecule has 2 aliphatic rings. The Hall–Kier alpha value is -4.67. The molecule has 0 spiro atoms.